The number of aromatic nitrogens is 4. The lowest BCUT2D eigenvalue weighted by Crippen LogP contribution is -2.41. The van der Waals surface area contributed by atoms with E-state index in [-0.39, 0.29) is 0 Å². The molecule has 0 amide bonds. The molecule has 142 valence electrons. The van der Waals surface area contributed by atoms with Crippen LogP contribution in [0.2, 0.25) is 0 Å². The lowest BCUT2D eigenvalue weighted by molar-refractivity contribution is 0.419. The zero-order valence-electron chi connectivity index (χ0n) is 16.2. The van der Waals surface area contributed by atoms with Crippen molar-refractivity contribution in [3.8, 4) is 0 Å². The van der Waals surface area contributed by atoms with Crippen molar-refractivity contribution in [3.05, 3.63) is 36.2 Å². The van der Waals surface area contributed by atoms with Gasteiger partial charge in [0.2, 0.25) is 5.95 Å². The van der Waals surface area contributed by atoms with Crippen LogP contribution in [0.3, 0.4) is 0 Å². The molecule has 0 aliphatic carbocycles. The van der Waals surface area contributed by atoms with Gasteiger partial charge in [0.25, 0.3) is 0 Å². The first-order valence-corrected chi connectivity index (χ1v) is 9.62. The number of hydrogen-bond acceptors (Lipinski definition) is 6. The molecule has 7 nitrogen and oxygen atoms in total. The van der Waals surface area contributed by atoms with Crippen LogP contribution in [0.4, 0.5) is 17.5 Å². The van der Waals surface area contributed by atoms with Crippen LogP contribution in [0.15, 0.2) is 30.5 Å². The average Bonchev–Trinajstić information content (AvgIpc) is 2.95. The van der Waals surface area contributed by atoms with Gasteiger partial charge < -0.3 is 15.5 Å². The van der Waals surface area contributed by atoms with Gasteiger partial charge in [-0.15, -0.1) is 0 Å². The van der Waals surface area contributed by atoms with Crippen molar-refractivity contribution >= 4 is 28.4 Å². The molecule has 2 aromatic heterocycles. The van der Waals surface area contributed by atoms with Crippen LogP contribution >= 0.6 is 0 Å². The number of benzene rings is 1. The summed E-state index contributed by atoms with van der Waals surface area (Å²) in [6.45, 7) is 9.49. The Morgan fingerprint density at radius 2 is 2.11 bits per heavy atom. The van der Waals surface area contributed by atoms with Gasteiger partial charge in [-0.3, -0.25) is 5.10 Å². The van der Waals surface area contributed by atoms with E-state index in [1.54, 1.807) is 0 Å². The van der Waals surface area contributed by atoms with E-state index < -0.39 is 0 Å². The average molecular weight is 365 g/mol. The lowest BCUT2D eigenvalue weighted by Gasteiger charge is -2.27. The molecule has 1 aromatic carbocycles. The van der Waals surface area contributed by atoms with Crippen LogP contribution in [-0.2, 0) is 0 Å². The molecule has 3 heterocycles. The summed E-state index contributed by atoms with van der Waals surface area (Å²) in [5, 5.41) is 15.2. The van der Waals surface area contributed by atoms with Gasteiger partial charge in [0.05, 0.1) is 11.7 Å². The van der Waals surface area contributed by atoms with E-state index in [4.69, 9.17) is 9.97 Å². The van der Waals surface area contributed by atoms with Gasteiger partial charge in [-0.2, -0.15) is 10.1 Å². The highest BCUT2D eigenvalue weighted by molar-refractivity contribution is 5.82. The summed E-state index contributed by atoms with van der Waals surface area (Å²) in [5.41, 5.74) is 2.98. The summed E-state index contributed by atoms with van der Waals surface area (Å²) in [7, 11) is 0. The number of aryl methyl sites for hydroxylation is 1. The highest BCUT2D eigenvalue weighted by Crippen LogP contribution is 2.23. The summed E-state index contributed by atoms with van der Waals surface area (Å²) in [6.07, 6.45) is 2.92. The number of fused-ring (bicyclic) bond motifs is 1. The van der Waals surface area contributed by atoms with Crippen molar-refractivity contribution in [1.82, 2.24) is 25.5 Å². The van der Waals surface area contributed by atoms with E-state index in [1.807, 2.05) is 31.3 Å². The molecule has 0 saturated carbocycles. The molecule has 3 aromatic rings. The summed E-state index contributed by atoms with van der Waals surface area (Å²) in [4.78, 5) is 11.8. The lowest BCUT2D eigenvalue weighted by atomic mass is 10.0. The summed E-state index contributed by atoms with van der Waals surface area (Å²) < 4.78 is 0. The highest BCUT2D eigenvalue weighted by atomic mass is 15.3. The number of anilines is 3. The van der Waals surface area contributed by atoms with Gasteiger partial charge in [0.15, 0.2) is 0 Å². The van der Waals surface area contributed by atoms with Gasteiger partial charge in [0, 0.05) is 42.0 Å². The standard InChI is InChI=1S/C20H27N7/c1-13(2)18-12-27(8-4-7-21-18)20-23-14(3)9-19(25-20)24-16-5-6-17-15(10-16)11-22-26-17/h5-6,9-11,13,18,21H,4,7-8,12H2,1-3H3,(H,22,26)(H,23,24,25). The van der Waals surface area contributed by atoms with Crippen LogP contribution < -0.4 is 15.5 Å². The van der Waals surface area contributed by atoms with Crippen molar-refractivity contribution in [2.45, 2.75) is 33.2 Å². The maximum Gasteiger partial charge on any atom is 0.227 e. The molecule has 1 aliphatic rings. The summed E-state index contributed by atoms with van der Waals surface area (Å²) in [6, 6.07) is 8.56. The molecule has 27 heavy (non-hydrogen) atoms. The van der Waals surface area contributed by atoms with Gasteiger partial charge >= 0.3 is 0 Å². The van der Waals surface area contributed by atoms with Crippen molar-refractivity contribution in [3.63, 3.8) is 0 Å². The van der Waals surface area contributed by atoms with E-state index in [2.05, 4.69) is 45.6 Å². The van der Waals surface area contributed by atoms with E-state index in [0.717, 1.165) is 60.1 Å². The normalized spacial score (nSPS) is 18.1. The van der Waals surface area contributed by atoms with Crippen molar-refractivity contribution in [2.24, 2.45) is 5.92 Å². The third-order valence-corrected chi connectivity index (χ3v) is 5.07. The molecule has 1 unspecified atom stereocenters. The molecule has 1 fully saturated rings. The zero-order valence-corrected chi connectivity index (χ0v) is 16.2. The predicted octanol–water partition coefficient (Wildman–Crippen LogP) is 3.23. The second-order valence-electron chi connectivity index (χ2n) is 7.60. The predicted molar refractivity (Wildman–Crippen MR) is 110 cm³/mol. The minimum atomic E-state index is 0.455. The third kappa shape index (κ3) is 4.03. The molecule has 0 radical (unpaired) electrons. The van der Waals surface area contributed by atoms with E-state index in [0.29, 0.717) is 12.0 Å². The van der Waals surface area contributed by atoms with Crippen LogP contribution in [0, 0.1) is 12.8 Å². The molecular weight excluding hydrogens is 338 g/mol. The fourth-order valence-electron chi connectivity index (χ4n) is 3.51. The maximum absolute atomic E-state index is 4.81. The molecule has 7 heteroatoms. The first-order chi connectivity index (χ1) is 13.1. The molecule has 0 spiro atoms. The van der Waals surface area contributed by atoms with Crippen LogP contribution in [0.1, 0.15) is 26.0 Å². The fourth-order valence-corrected chi connectivity index (χ4v) is 3.51. The minimum absolute atomic E-state index is 0.455. The Kier molecular flexibility index (Phi) is 4.94. The molecule has 1 atom stereocenters. The fraction of sp³-hybridized carbons (Fsp3) is 0.450. The third-order valence-electron chi connectivity index (χ3n) is 5.07. The first-order valence-electron chi connectivity index (χ1n) is 9.62. The first kappa shape index (κ1) is 17.7. The van der Waals surface area contributed by atoms with Crippen LogP contribution in [-0.4, -0.2) is 45.8 Å². The second-order valence-corrected chi connectivity index (χ2v) is 7.60. The minimum Gasteiger partial charge on any atom is -0.340 e. The smallest absolute Gasteiger partial charge is 0.227 e. The van der Waals surface area contributed by atoms with Crippen molar-refractivity contribution < 1.29 is 0 Å². The van der Waals surface area contributed by atoms with Gasteiger partial charge in [-0.25, -0.2) is 4.98 Å². The number of rotatable bonds is 4. The molecule has 4 rings (SSSR count). The monoisotopic (exact) mass is 365 g/mol. The zero-order chi connectivity index (χ0) is 18.8. The Balaban J connectivity index is 1.58. The maximum atomic E-state index is 4.81. The van der Waals surface area contributed by atoms with E-state index in [9.17, 15) is 0 Å². The Labute approximate surface area is 159 Å². The topological polar surface area (TPSA) is 81.8 Å². The number of nitrogens with zero attached hydrogens (tertiary/aromatic N) is 4. The Morgan fingerprint density at radius 3 is 2.96 bits per heavy atom. The molecule has 1 saturated heterocycles. The second kappa shape index (κ2) is 7.52. The van der Waals surface area contributed by atoms with Gasteiger partial charge in [0.1, 0.15) is 5.82 Å². The Hall–Kier alpha value is -2.67. The number of H-pyrrole nitrogens is 1. The highest BCUT2D eigenvalue weighted by Gasteiger charge is 2.22. The van der Waals surface area contributed by atoms with E-state index in [1.165, 1.54) is 0 Å². The molecular formula is C20H27N7. The van der Waals surface area contributed by atoms with Crippen LogP contribution in [0.25, 0.3) is 10.9 Å². The summed E-state index contributed by atoms with van der Waals surface area (Å²) in [5.74, 6) is 2.20. The molecule has 3 N–H and O–H groups in total. The number of nitrogens with one attached hydrogen (secondary N) is 3. The van der Waals surface area contributed by atoms with Gasteiger partial charge in [-0.1, -0.05) is 13.8 Å². The Morgan fingerprint density at radius 1 is 1.22 bits per heavy atom. The SMILES string of the molecule is Cc1cc(Nc2ccc3[nH]ncc3c2)nc(N2CCCNC(C(C)C)C2)n1. The number of hydrogen-bond donors (Lipinski definition) is 3. The molecule has 0 bridgehead atoms. The quantitative estimate of drug-likeness (QED) is 0.659. The Bertz CT molecular complexity index is 918. The van der Waals surface area contributed by atoms with Crippen LogP contribution in [0.5, 0.6) is 0 Å². The number of aromatic amines is 1. The molecule has 1 aliphatic heterocycles. The van der Waals surface area contributed by atoms with E-state index >= 15 is 0 Å². The summed E-state index contributed by atoms with van der Waals surface area (Å²) >= 11 is 0. The van der Waals surface area contributed by atoms with Crippen molar-refractivity contribution in [1.29, 1.82) is 0 Å². The van der Waals surface area contributed by atoms with Crippen molar-refractivity contribution in [2.75, 3.05) is 29.9 Å². The largest absolute Gasteiger partial charge is 0.340 e. The van der Waals surface area contributed by atoms with Gasteiger partial charge in [-0.05, 0) is 44.0 Å².